The molecule has 1 saturated carbocycles. The second-order valence-electron chi connectivity index (χ2n) is 6.22. The van der Waals surface area contributed by atoms with E-state index in [1.807, 2.05) is 11.8 Å². The van der Waals surface area contributed by atoms with Gasteiger partial charge in [-0.2, -0.15) is 0 Å². The van der Waals surface area contributed by atoms with Gasteiger partial charge in [0.05, 0.1) is 11.5 Å². The van der Waals surface area contributed by atoms with E-state index in [0.29, 0.717) is 17.3 Å². The van der Waals surface area contributed by atoms with Crippen LogP contribution in [0.15, 0.2) is 12.2 Å². The molecule has 5 atom stereocenters. The molecule has 18 heavy (non-hydrogen) atoms. The van der Waals surface area contributed by atoms with Gasteiger partial charge in [0.15, 0.2) is 0 Å². The van der Waals surface area contributed by atoms with Gasteiger partial charge in [-0.15, -0.1) is 11.8 Å². The Morgan fingerprint density at radius 3 is 2.56 bits per heavy atom. The second kappa shape index (κ2) is 5.56. The smallest absolute Gasteiger partial charge is 0.0764 e. The summed E-state index contributed by atoms with van der Waals surface area (Å²) in [4.78, 5) is 0. The van der Waals surface area contributed by atoms with Gasteiger partial charge < -0.3 is 5.11 Å². The van der Waals surface area contributed by atoms with Crippen LogP contribution >= 0.6 is 11.8 Å². The molecule has 2 aliphatic carbocycles. The highest BCUT2D eigenvalue weighted by atomic mass is 32.2. The average molecular weight is 267 g/mol. The van der Waals surface area contributed by atoms with Crippen LogP contribution < -0.4 is 5.32 Å². The summed E-state index contributed by atoms with van der Waals surface area (Å²) >= 11 is 1.92. The molecular weight excluding hydrogens is 242 g/mol. The van der Waals surface area contributed by atoms with Crippen molar-refractivity contribution in [3.8, 4) is 0 Å². The molecule has 5 unspecified atom stereocenters. The maximum absolute atomic E-state index is 10.5. The Balaban J connectivity index is 1.54. The predicted octanol–water partition coefficient (Wildman–Crippen LogP) is 2.78. The SMILES string of the molecule is CC1NC(C(O)C2C=CC(C3CCC3)CC2)CS1. The Morgan fingerprint density at radius 2 is 2.06 bits per heavy atom. The highest BCUT2D eigenvalue weighted by molar-refractivity contribution is 8.00. The van der Waals surface area contributed by atoms with Crippen molar-refractivity contribution in [3.63, 3.8) is 0 Å². The number of hydrogen-bond acceptors (Lipinski definition) is 3. The Morgan fingerprint density at radius 1 is 1.22 bits per heavy atom. The minimum atomic E-state index is -0.193. The van der Waals surface area contributed by atoms with Gasteiger partial charge in [0.2, 0.25) is 0 Å². The van der Waals surface area contributed by atoms with Crippen LogP contribution in [0.2, 0.25) is 0 Å². The van der Waals surface area contributed by atoms with Gasteiger partial charge in [-0.25, -0.2) is 0 Å². The molecule has 1 aliphatic heterocycles. The van der Waals surface area contributed by atoms with Crippen molar-refractivity contribution in [1.29, 1.82) is 0 Å². The zero-order valence-electron chi connectivity index (χ0n) is 11.2. The Labute approximate surface area is 115 Å². The molecule has 102 valence electrons. The van der Waals surface area contributed by atoms with E-state index >= 15 is 0 Å². The molecule has 1 heterocycles. The lowest BCUT2D eigenvalue weighted by atomic mass is 9.70. The topological polar surface area (TPSA) is 32.3 Å². The first-order chi connectivity index (χ1) is 8.74. The first-order valence-corrected chi connectivity index (χ1v) is 8.53. The van der Waals surface area contributed by atoms with E-state index in [0.717, 1.165) is 17.6 Å². The van der Waals surface area contributed by atoms with Gasteiger partial charge in [0.1, 0.15) is 0 Å². The maximum Gasteiger partial charge on any atom is 0.0764 e. The molecule has 3 aliphatic rings. The third kappa shape index (κ3) is 2.63. The summed E-state index contributed by atoms with van der Waals surface area (Å²) < 4.78 is 0. The average Bonchev–Trinajstić information content (AvgIpc) is 2.74. The molecule has 0 amide bonds. The lowest BCUT2D eigenvalue weighted by Crippen LogP contribution is -2.43. The summed E-state index contributed by atoms with van der Waals surface area (Å²) in [7, 11) is 0. The lowest BCUT2D eigenvalue weighted by molar-refractivity contribution is 0.0837. The molecule has 0 aromatic rings. The van der Waals surface area contributed by atoms with E-state index in [2.05, 4.69) is 24.4 Å². The van der Waals surface area contributed by atoms with Gasteiger partial charge in [0, 0.05) is 17.7 Å². The second-order valence-corrected chi connectivity index (χ2v) is 7.59. The highest BCUT2D eigenvalue weighted by Gasteiger charge is 2.34. The molecule has 2 nitrogen and oxygen atoms in total. The molecule has 3 heteroatoms. The third-order valence-corrected chi connectivity index (χ3v) is 6.21. The zero-order valence-corrected chi connectivity index (χ0v) is 12.0. The van der Waals surface area contributed by atoms with Gasteiger partial charge in [0.25, 0.3) is 0 Å². The summed E-state index contributed by atoms with van der Waals surface area (Å²) in [6.45, 7) is 2.18. The minimum Gasteiger partial charge on any atom is -0.391 e. The summed E-state index contributed by atoms with van der Waals surface area (Å²) in [6.07, 6.45) is 11.3. The third-order valence-electron chi connectivity index (χ3n) is 5.02. The number of rotatable bonds is 3. The fourth-order valence-corrected chi connectivity index (χ4v) is 4.61. The van der Waals surface area contributed by atoms with E-state index in [4.69, 9.17) is 0 Å². The van der Waals surface area contributed by atoms with Gasteiger partial charge in [-0.05, 0) is 44.4 Å². The van der Waals surface area contributed by atoms with Crippen molar-refractivity contribution in [2.75, 3.05) is 5.75 Å². The van der Waals surface area contributed by atoms with Gasteiger partial charge in [-0.3, -0.25) is 5.32 Å². The van der Waals surface area contributed by atoms with Crippen molar-refractivity contribution in [3.05, 3.63) is 12.2 Å². The highest BCUT2D eigenvalue weighted by Crippen LogP contribution is 2.40. The predicted molar refractivity (Wildman–Crippen MR) is 77.5 cm³/mol. The number of hydrogen-bond donors (Lipinski definition) is 2. The fourth-order valence-electron chi connectivity index (χ4n) is 3.55. The molecule has 3 rings (SSSR count). The zero-order chi connectivity index (χ0) is 12.5. The maximum atomic E-state index is 10.5. The fraction of sp³-hybridized carbons (Fsp3) is 0.867. The van der Waals surface area contributed by atoms with E-state index in [9.17, 15) is 5.11 Å². The number of aliphatic hydroxyl groups excluding tert-OH is 1. The largest absolute Gasteiger partial charge is 0.391 e. The molecule has 0 aromatic carbocycles. The van der Waals surface area contributed by atoms with Crippen molar-refractivity contribution >= 4 is 11.8 Å². The molecule has 0 aromatic heterocycles. The van der Waals surface area contributed by atoms with Crippen LogP contribution in [0.4, 0.5) is 0 Å². The minimum absolute atomic E-state index is 0.193. The van der Waals surface area contributed by atoms with Crippen LogP contribution in [-0.2, 0) is 0 Å². The first kappa shape index (κ1) is 13.0. The van der Waals surface area contributed by atoms with Gasteiger partial charge >= 0.3 is 0 Å². The molecule has 0 spiro atoms. The Kier molecular flexibility index (Phi) is 4.02. The van der Waals surface area contributed by atoms with Crippen LogP contribution in [0.1, 0.15) is 39.0 Å². The van der Waals surface area contributed by atoms with Crippen LogP contribution in [0, 0.1) is 17.8 Å². The molecule has 0 radical (unpaired) electrons. The normalized spacial score (nSPS) is 42.8. The molecule has 2 N–H and O–H groups in total. The standard InChI is InChI=1S/C15H25NOS/c1-10-16-14(9-18-10)15(17)13-7-5-12(6-8-13)11-3-2-4-11/h5,7,10-17H,2-4,6,8-9H2,1H3. The van der Waals surface area contributed by atoms with E-state index in [-0.39, 0.29) is 6.10 Å². The van der Waals surface area contributed by atoms with E-state index < -0.39 is 0 Å². The Bertz CT molecular complexity index is 316. The van der Waals surface area contributed by atoms with E-state index in [1.54, 1.807) is 0 Å². The van der Waals surface area contributed by atoms with Crippen molar-refractivity contribution in [2.45, 2.75) is 56.5 Å². The summed E-state index contributed by atoms with van der Waals surface area (Å²) in [6, 6.07) is 0.292. The van der Waals surface area contributed by atoms with E-state index in [1.165, 1.54) is 32.1 Å². The van der Waals surface area contributed by atoms with Crippen molar-refractivity contribution in [1.82, 2.24) is 5.32 Å². The Hall–Kier alpha value is 0.01000. The van der Waals surface area contributed by atoms with Crippen molar-refractivity contribution < 1.29 is 5.11 Å². The molecular formula is C15H25NOS. The van der Waals surface area contributed by atoms with Crippen LogP contribution in [0.25, 0.3) is 0 Å². The van der Waals surface area contributed by atoms with Crippen LogP contribution in [0.5, 0.6) is 0 Å². The first-order valence-electron chi connectivity index (χ1n) is 7.48. The number of aliphatic hydroxyl groups is 1. The number of nitrogens with one attached hydrogen (secondary N) is 1. The summed E-state index contributed by atoms with van der Waals surface area (Å²) in [5, 5.41) is 14.4. The molecule has 2 fully saturated rings. The molecule has 0 bridgehead atoms. The quantitative estimate of drug-likeness (QED) is 0.771. The molecule has 1 saturated heterocycles. The number of thioether (sulfide) groups is 1. The van der Waals surface area contributed by atoms with Crippen molar-refractivity contribution in [2.24, 2.45) is 17.8 Å². The summed E-state index contributed by atoms with van der Waals surface area (Å²) in [5.41, 5.74) is 0. The summed E-state index contributed by atoms with van der Waals surface area (Å²) in [5.74, 6) is 3.20. The van der Waals surface area contributed by atoms with Crippen LogP contribution in [-0.4, -0.2) is 28.4 Å². The number of allylic oxidation sites excluding steroid dienone is 1. The van der Waals surface area contributed by atoms with Crippen LogP contribution in [0.3, 0.4) is 0 Å². The lowest BCUT2D eigenvalue weighted by Gasteiger charge is -2.36. The monoisotopic (exact) mass is 267 g/mol. The van der Waals surface area contributed by atoms with Gasteiger partial charge in [-0.1, -0.05) is 18.6 Å².